The van der Waals surface area contributed by atoms with Gasteiger partial charge in [-0.3, -0.25) is 4.90 Å². The molecule has 2 N–H and O–H groups in total. The van der Waals surface area contributed by atoms with E-state index in [1.807, 2.05) is 6.07 Å². The predicted octanol–water partition coefficient (Wildman–Crippen LogP) is 2.46. The molecular weight excluding hydrogens is 186 g/mol. The van der Waals surface area contributed by atoms with Crippen molar-refractivity contribution in [3.8, 4) is 0 Å². The third-order valence-electron chi connectivity index (χ3n) is 2.85. The van der Waals surface area contributed by atoms with Gasteiger partial charge in [-0.1, -0.05) is 13.0 Å². The van der Waals surface area contributed by atoms with Gasteiger partial charge in [0.15, 0.2) is 0 Å². The summed E-state index contributed by atoms with van der Waals surface area (Å²) in [7, 11) is 0. The van der Waals surface area contributed by atoms with E-state index in [0.717, 1.165) is 12.1 Å². The number of hydrogen-bond acceptors (Lipinski definition) is 3. The van der Waals surface area contributed by atoms with Crippen molar-refractivity contribution in [1.82, 2.24) is 9.88 Å². The van der Waals surface area contributed by atoms with Crippen molar-refractivity contribution in [2.45, 2.75) is 39.8 Å². The lowest BCUT2D eigenvalue weighted by Crippen LogP contribution is -2.33. The first kappa shape index (κ1) is 12.0. The van der Waals surface area contributed by atoms with Crippen molar-refractivity contribution in [3.05, 3.63) is 23.9 Å². The third kappa shape index (κ3) is 2.69. The summed E-state index contributed by atoms with van der Waals surface area (Å²) in [5.41, 5.74) is 6.99. The highest BCUT2D eigenvalue weighted by atomic mass is 15.2. The van der Waals surface area contributed by atoms with Crippen LogP contribution in [0.4, 0.5) is 5.82 Å². The second-order valence-electron chi connectivity index (χ2n) is 4.08. The van der Waals surface area contributed by atoms with Crippen LogP contribution in [0, 0.1) is 0 Å². The van der Waals surface area contributed by atoms with E-state index in [1.54, 1.807) is 6.20 Å². The molecule has 1 atom stereocenters. The molecule has 0 aromatic carbocycles. The van der Waals surface area contributed by atoms with Crippen LogP contribution in [0.25, 0.3) is 0 Å². The maximum absolute atomic E-state index is 5.88. The normalized spacial score (nSPS) is 13.5. The molecule has 1 aromatic rings. The number of nitrogens with zero attached hydrogens (tertiary/aromatic N) is 2. The summed E-state index contributed by atoms with van der Waals surface area (Å²) in [6.45, 7) is 9.77. The van der Waals surface area contributed by atoms with Gasteiger partial charge in [0.2, 0.25) is 0 Å². The second kappa shape index (κ2) is 5.12. The summed E-state index contributed by atoms with van der Waals surface area (Å²) in [6, 6.07) is 4.84. The van der Waals surface area contributed by atoms with Gasteiger partial charge in [0.25, 0.3) is 0 Å². The van der Waals surface area contributed by atoms with Gasteiger partial charge in [-0.05, 0) is 33.4 Å². The Bertz CT molecular complexity index is 309. The molecule has 0 spiro atoms. The van der Waals surface area contributed by atoms with Gasteiger partial charge >= 0.3 is 0 Å². The lowest BCUT2D eigenvalue weighted by atomic mass is 10.1. The van der Waals surface area contributed by atoms with Crippen molar-refractivity contribution >= 4 is 5.82 Å². The molecule has 0 aliphatic rings. The van der Waals surface area contributed by atoms with E-state index in [9.17, 15) is 0 Å². The summed E-state index contributed by atoms with van der Waals surface area (Å²) >= 11 is 0. The monoisotopic (exact) mass is 207 g/mol. The number of anilines is 1. The van der Waals surface area contributed by atoms with E-state index in [1.165, 1.54) is 0 Å². The van der Waals surface area contributed by atoms with Gasteiger partial charge in [-0.15, -0.1) is 0 Å². The average Bonchev–Trinajstić information content (AvgIpc) is 2.18. The Kier molecular flexibility index (Phi) is 4.09. The molecule has 0 aliphatic carbocycles. The van der Waals surface area contributed by atoms with Crippen LogP contribution in [0.5, 0.6) is 0 Å². The Morgan fingerprint density at radius 3 is 2.53 bits per heavy atom. The number of nitrogen functional groups attached to an aromatic ring is 1. The van der Waals surface area contributed by atoms with Crippen LogP contribution in [0.1, 0.15) is 39.3 Å². The van der Waals surface area contributed by atoms with Crippen LogP contribution < -0.4 is 5.73 Å². The molecule has 1 rings (SSSR count). The SMILES string of the molecule is CCN(C(C)C)C(C)c1cccnc1N. The quantitative estimate of drug-likeness (QED) is 0.824. The summed E-state index contributed by atoms with van der Waals surface area (Å²) in [5, 5.41) is 0. The predicted molar refractivity (Wildman–Crippen MR) is 64.6 cm³/mol. The Labute approximate surface area is 92.3 Å². The fraction of sp³-hybridized carbons (Fsp3) is 0.583. The molecule has 1 unspecified atom stereocenters. The van der Waals surface area contributed by atoms with Crippen LogP contribution in [0.15, 0.2) is 18.3 Å². The molecule has 0 fully saturated rings. The molecule has 0 saturated carbocycles. The molecule has 0 amide bonds. The van der Waals surface area contributed by atoms with Gasteiger partial charge in [0.05, 0.1) is 0 Å². The smallest absolute Gasteiger partial charge is 0.128 e. The highest BCUT2D eigenvalue weighted by Crippen LogP contribution is 2.25. The van der Waals surface area contributed by atoms with Crippen LogP contribution in [-0.4, -0.2) is 22.5 Å². The van der Waals surface area contributed by atoms with E-state index in [-0.39, 0.29) is 0 Å². The van der Waals surface area contributed by atoms with Gasteiger partial charge in [-0.25, -0.2) is 4.98 Å². The van der Waals surface area contributed by atoms with Crippen molar-refractivity contribution in [3.63, 3.8) is 0 Å². The van der Waals surface area contributed by atoms with Crippen molar-refractivity contribution in [2.75, 3.05) is 12.3 Å². The maximum Gasteiger partial charge on any atom is 0.128 e. The molecule has 1 aromatic heterocycles. The lowest BCUT2D eigenvalue weighted by molar-refractivity contribution is 0.175. The number of hydrogen-bond donors (Lipinski definition) is 1. The summed E-state index contributed by atoms with van der Waals surface area (Å²) < 4.78 is 0. The molecule has 0 radical (unpaired) electrons. The molecule has 3 nitrogen and oxygen atoms in total. The van der Waals surface area contributed by atoms with Crippen LogP contribution in [-0.2, 0) is 0 Å². The number of pyridine rings is 1. The Hall–Kier alpha value is -1.09. The zero-order valence-electron chi connectivity index (χ0n) is 10.1. The van der Waals surface area contributed by atoms with E-state index in [2.05, 4.69) is 43.6 Å². The minimum Gasteiger partial charge on any atom is -0.383 e. The molecule has 0 saturated heterocycles. The average molecular weight is 207 g/mol. The summed E-state index contributed by atoms with van der Waals surface area (Å²) in [6.07, 6.45) is 1.73. The second-order valence-corrected chi connectivity index (χ2v) is 4.08. The first-order valence-electron chi connectivity index (χ1n) is 5.54. The molecule has 84 valence electrons. The Morgan fingerprint density at radius 2 is 2.07 bits per heavy atom. The Morgan fingerprint density at radius 1 is 1.40 bits per heavy atom. The Balaban J connectivity index is 2.92. The summed E-state index contributed by atoms with van der Waals surface area (Å²) in [5.74, 6) is 0.643. The van der Waals surface area contributed by atoms with Crippen LogP contribution in [0.2, 0.25) is 0 Å². The molecule has 3 heteroatoms. The molecule has 0 bridgehead atoms. The minimum absolute atomic E-state index is 0.323. The van der Waals surface area contributed by atoms with E-state index >= 15 is 0 Å². The van der Waals surface area contributed by atoms with Gasteiger partial charge in [0, 0.05) is 23.8 Å². The van der Waals surface area contributed by atoms with E-state index < -0.39 is 0 Å². The number of rotatable bonds is 4. The first-order valence-corrected chi connectivity index (χ1v) is 5.54. The van der Waals surface area contributed by atoms with E-state index in [4.69, 9.17) is 5.73 Å². The van der Waals surface area contributed by atoms with Crippen molar-refractivity contribution < 1.29 is 0 Å². The zero-order chi connectivity index (χ0) is 11.4. The van der Waals surface area contributed by atoms with Gasteiger partial charge in [0.1, 0.15) is 5.82 Å². The first-order chi connectivity index (χ1) is 7.07. The fourth-order valence-electron chi connectivity index (χ4n) is 2.05. The zero-order valence-corrected chi connectivity index (χ0v) is 10.1. The largest absolute Gasteiger partial charge is 0.383 e. The van der Waals surface area contributed by atoms with E-state index in [0.29, 0.717) is 17.9 Å². The number of aromatic nitrogens is 1. The standard InChI is InChI=1S/C12H21N3/c1-5-15(9(2)3)10(4)11-7-6-8-14-12(11)13/h6-10H,5H2,1-4H3,(H2,13,14). The molecule has 1 heterocycles. The molecule has 15 heavy (non-hydrogen) atoms. The summed E-state index contributed by atoms with van der Waals surface area (Å²) in [4.78, 5) is 6.52. The van der Waals surface area contributed by atoms with Gasteiger partial charge in [-0.2, -0.15) is 0 Å². The van der Waals surface area contributed by atoms with Crippen molar-refractivity contribution in [1.29, 1.82) is 0 Å². The van der Waals surface area contributed by atoms with Crippen LogP contribution in [0.3, 0.4) is 0 Å². The maximum atomic E-state index is 5.88. The highest BCUT2D eigenvalue weighted by molar-refractivity contribution is 5.40. The molecular formula is C12H21N3. The fourth-order valence-corrected chi connectivity index (χ4v) is 2.05. The number of nitrogens with two attached hydrogens (primary N) is 1. The molecule has 0 aliphatic heterocycles. The third-order valence-corrected chi connectivity index (χ3v) is 2.85. The highest BCUT2D eigenvalue weighted by Gasteiger charge is 2.18. The van der Waals surface area contributed by atoms with Gasteiger partial charge < -0.3 is 5.73 Å². The van der Waals surface area contributed by atoms with Crippen molar-refractivity contribution in [2.24, 2.45) is 0 Å². The lowest BCUT2D eigenvalue weighted by Gasteiger charge is -2.32. The topological polar surface area (TPSA) is 42.2 Å². The minimum atomic E-state index is 0.323. The van der Waals surface area contributed by atoms with Crippen LogP contribution >= 0.6 is 0 Å².